The molecule has 0 saturated carbocycles. The minimum atomic E-state index is -0.398. The number of benzene rings is 3. The largest absolute Gasteiger partial charge is 0.497 e. The van der Waals surface area contributed by atoms with Crippen LogP contribution in [0.4, 0.5) is 10.2 Å². The van der Waals surface area contributed by atoms with Gasteiger partial charge in [0.15, 0.2) is 0 Å². The van der Waals surface area contributed by atoms with Crippen LogP contribution in [-0.4, -0.2) is 66.1 Å². The van der Waals surface area contributed by atoms with E-state index >= 15 is 0 Å². The number of halogens is 1. The lowest BCUT2D eigenvalue weighted by molar-refractivity contribution is -0.130. The highest BCUT2D eigenvalue weighted by Gasteiger charge is 2.39. The van der Waals surface area contributed by atoms with Gasteiger partial charge in [-0.1, -0.05) is 30.3 Å². The van der Waals surface area contributed by atoms with Gasteiger partial charge in [0.05, 0.1) is 36.6 Å². The average molecular weight is 587 g/mol. The Bertz CT molecular complexity index is 1600. The predicted octanol–water partition coefficient (Wildman–Crippen LogP) is 5.49. The molecular formula is C32H31FN4O4S. The van der Waals surface area contributed by atoms with Crippen LogP contribution in [-0.2, 0) is 9.59 Å². The Labute approximate surface area is 248 Å². The molecule has 0 aliphatic carbocycles. The van der Waals surface area contributed by atoms with Gasteiger partial charge < -0.3 is 14.4 Å². The third-order valence-electron chi connectivity index (χ3n) is 7.68. The Balaban J connectivity index is 1.63. The smallest absolute Gasteiger partial charge is 0.242 e. The summed E-state index contributed by atoms with van der Waals surface area (Å²) in [5, 5.41) is 4.66. The van der Waals surface area contributed by atoms with Crippen molar-refractivity contribution in [1.29, 1.82) is 0 Å². The number of anilines is 1. The van der Waals surface area contributed by atoms with Crippen molar-refractivity contribution in [3.05, 3.63) is 89.7 Å². The van der Waals surface area contributed by atoms with Crippen LogP contribution in [0.3, 0.4) is 0 Å². The van der Waals surface area contributed by atoms with E-state index in [1.54, 1.807) is 35.9 Å². The number of likely N-dealkylation sites (tertiary alicyclic amines) is 1. The lowest BCUT2D eigenvalue weighted by Crippen LogP contribution is -2.43. The SMILES string of the molecule is COc1ccc(OC)c(C2SCC(=O)N(CC(=O)N3CCCC3)c3c2c(-c2ccccc2)nn3-c2ccc(F)cc2)c1. The third kappa shape index (κ3) is 5.22. The van der Waals surface area contributed by atoms with Gasteiger partial charge in [-0.25, -0.2) is 9.07 Å². The van der Waals surface area contributed by atoms with Gasteiger partial charge in [0, 0.05) is 29.8 Å². The highest BCUT2D eigenvalue weighted by atomic mass is 32.2. The average Bonchev–Trinajstić information content (AvgIpc) is 3.67. The monoisotopic (exact) mass is 586 g/mol. The summed E-state index contributed by atoms with van der Waals surface area (Å²) in [6.45, 7) is 1.24. The zero-order valence-electron chi connectivity index (χ0n) is 23.5. The fraction of sp³-hybridized carbons (Fsp3) is 0.281. The number of carbonyl (C=O) groups excluding carboxylic acids is 2. The molecule has 216 valence electrons. The molecule has 1 saturated heterocycles. The summed E-state index contributed by atoms with van der Waals surface area (Å²) in [6.07, 6.45) is 1.90. The molecule has 2 amide bonds. The van der Waals surface area contributed by atoms with Gasteiger partial charge in [0.2, 0.25) is 11.8 Å². The van der Waals surface area contributed by atoms with Crippen LogP contribution in [0.1, 0.15) is 29.2 Å². The zero-order chi connectivity index (χ0) is 29.2. The summed E-state index contributed by atoms with van der Waals surface area (Å²) >= 11 is 1.45. The molecule has 8 nitrogen and oxygen atoms in total. The van der Waals surface area contributed by atoms with Gasteiger partial charge in [-0.2, -0.15) is 5.10 Å². The summed E-state index contributed by atoms with van der Waals surface area (Å²) in [6, 6.07) is 21.3. The van der Waals surface area contributed by atoms with E-state index in [2.05, 4.69) is 0 Å². The van der Waals surface area contributed by atoms with Crippen molar-refractivity contribution in [3.8, 4) is 28.4 Å². The first-order valence-corrected chi connectivity index (χ1v) is 14.9. The molecule has 1 aromatic heterocycles. The van der Waals surface area contributed by atoms with Gasteiger partial charge in [0.1, 0.15) is 29.7 Å². The molecule has 0 N–H and O–H groups in total. The van der Waals surface area contributed by atoms with Crippen molar-refractivity contribution in [3.63, 3.8) is 0 Å². The van der Waals surface area contributed by atoms with E-state index in [-0.39, 0.29) is 29.9 Å². The van der Waals surface area contributed by atoms with E-state index in [0.717, 1.165) is 29.5 Å². The molecule has 6 rings (SSSR count). The number of methoxy groups -OCH3 is 2. The number of nitrogens with zero attached hydrogens (tertiary/aromatic N) is 4. The Hall–Kier alpha value is -4.31. The van der Waals surface area contributed by atoms with Crippen molar-refractivity contribution < 1.29 is 23.5 Å². The molecule has 2 aliphatic heterocycles. The molecule has 2 aliphatic rings. The number of hydrogen-bond acceptors (Lipinski definition) is 6. The molecule has 1 fully saturated rings. The zero-order valence-corrected chi connectivity index (χ0v) is 24.3. The number of aromatic nitrogens is 2. The molecule has 1 atom stereocenters. The minimum Gasteiger partial charge on any atom is -0.497 e. The van der Waals surface area contributed by atoms with E-state index in [4.69, 9.17) is 14.6 Å². The number of rotatable bonds is 7. The van der Waals surface area contributed by atoms with Gasteiger partial charge in [-0.05, 0) is 55.3 Å². The molecule has 0 spiro atoms. The van der Waals surface area contributed by atoms with Gasteiger partial charge in [0.25, 0.3) is 0 Å². The molecule has 42 heavy (non-hydrogen) atoms. The lowest BCUT2D eigenvalue weighted by atomic mass is 9.98. The number of amides is 2. The number of carbonyl (C=O) groups is 2. The lowest BCUT2D eigenvalue weighted by Gasteiger charge is -2.25. The van der Waals surface area contributed by atoms with E-state index in [1.165, 1.54) is 23.9 Å². The van der Waals surface area contributed by atoms with E-state index in [1.807, 2.05) is 53.4 Å². The second-order valence-electron chi connectivity index (χ2n) is 10.2. The summed E-state index contributed by atoms with van der Waals surface area (Å²) in [5.74, 6) is 1.21. The second-order valence-corrected chi connectivity index (χ2v) is 11.3. The summed E-state index contributed by atoms with van der Waals surface area (Å²) < 4.78 is 27.1. The van der Waals surface area contributed by atoms with E-state index in [9.17, 15) is 14.0 Å². The van der Waals surface area contributed by atoms with Crippen molar-refractivity contribution in [2.24, 2.45) is 0 Å². The highest BCUT2D eigenvalue weighted by Crippen LogP contribution is 2.51. The summed E-state index contributed by atoms with van der Waals surface area (Å²) in [5.41, 5.74) is 3.67. The van der Waals surface area contributed by atoms with Crippen LogP contribution in [0.25, 0.3) is 16.9 Å². The number of thioether (sulfide) groups is 1. The number of hydrogen-bond donors (Lipinski definition) is 0. The summed E-state index contributed by atoms with van der Waals surface area (Å²) in [4.78, 5) is 30.8. The maximum Gasteiger partial charge on any atom is 0.242 e. The van der Waals surface area contributed by atoms with Crippen LogP contribution in [0.15, 0.2) is 72.8 Å². The van der Waals surface area contributed by atoms with Crippen molar-refractivity contribution in [2.75, 3.05) is 44.5 Å². The van der Waals surface area contributed by atoms with Crippen molar-refractivity contribution >= 4 is 29.4 Å². The molecule has 0 bridgehead atoms. The van der Waals surface area contributed by atoms with Crippen LogP contribution in [0, 0.1) is 5.82 Å². The summed E-state index contributed by atoms with van der Waals surface area (Å²) in [7, 11) is 3.22. The maximum absolute atomic E-state index is 14.0. The van der Waals surface area contributed by atoms with Gasteiger partial charge in [-0.3, -0.25) is 14.5 Å². The van der Waals surface area contributed by atoms with Crippen LogP contribution in [0.2, 0.25) is 0 Å². The fourth-order valence-corrected chi connectivity index (χ4v) is 6.79. The molecule has 4 aromatic rings. The van der Waals surface area contributed by atoms with Crippen LogP contribution in [0.5, 0.6) is 11.5 Å². The first-order valence-electron chi connectivity index (χ1n) is 13.8. The Morgan fingerprint density at radius 3 is 2.43 bits per heavy atom. The first-order chi connectivity index (χ1) is 20.5. The molecule has 10 heteroatoms. The van der Waals surface area contributed by atoms with Crippen LogP contribution < -0.4 is 14.4 Å². The fourth-order valence-electron chi connectivity index (χ4n) is 5.58. The van der Waals surface area contributed by atoms with Gasteiger partial charge >= 0.3 is 0 Å². The van der Waals surface area contributed by atoms with E-state index < -0.39 is 5.25 Å². The highest BCUT2D eigenvalue weighted by molar-refractivity contribution is 8.00. The Morgan fingerprint density at radius 2 is 1.74 bits per heavy atom. The topological polar surface area (TPSA) is 76.9 Å². The van der Waals surface area contributed by atoms with Crippen LogP contribution >= 0.6 is 11.8 Å². The Morgan fingerprint density at radius 1 is 1.00 bits per heavy atom. The number of fused-ring (bicyclic) bond motifs is 1. The molecule has 3 aromatic carbocycles. The molecule has 1 unspecified atom stereocenters. The molecular weight excluding hydrogens is 555 g/mol. The maximum atomic E-state index is 14.0. The number of ether oxygens (including phenoxy) is 2. The minimum absolute atomic E-state index is 0.109. The standard InChI is InChI=1S/C32H31FN4O4S/c1-40-24-14-15-26(41-2)25(18-24)31-29-30(21-8-4-3-5-9-21)34-37(23-12-10-22(33)11-13-23)32(29)36(28(39)20-42-31)19-27(38)35-16-6-7-17-35/h3-5,8-15,18,31H,6-7,16-17,19-20H2,1-2H3. The predicted molar refractivity (Wildman–Crippen MR) is 161 cm³/mol. The van der Waals surface area contributed by atoms with Gasteiger partial charge in [-0.15, -0.1) is 11.8 Å². The van der Waals surface area contributed by atoms with E-state index in [0.29, 0.717) is 41.8 Å². The van der Waals surface area contributed by atoms with Crippen molar-refractivity contribution in [1.82, 2.24) is 14.7 Å². The van der Waals surface area contributed by atoms with Crippen molar-refractivity contribution in [2.45, 2.75) is 18.1 Å². The second kappa shape index (κ2) is 11.9. The molecule has 3 heterocycles. The Kier molecular flexibility index (Phi) is 7.88. The normalized spacial score (nSPS) is 16.7. The first kappa shape index (κ1) is 27.8. The quantitative estimate of drug-likeness (QED) is 0.285. The third-order valence-corrected chi connectivity index (χ3v) is 8.92. The molecule has 0 radical (unpaired) electrons.